The number of phenols is 1. The zero-order valence-corrected chi connectivity index (χ0v) is 19.4. The van der Waals surface area contributed by atoms with Gasteiger partial charge in [-0.25, -0.2) is 14.4 Å². The average molecular weight is 466 g/mol. The molecule has 0 spiro atoms. The highest BCUT2D eigenvalue weighted by Gasteiger charge is 2.56. The number of aromatic nitrogens is 4. The molecule has 33 heavy (non-hydrogen) atoms. The Morgan fingerprint density at radius 1 is 1.24 bits per heavy atom. The predicted octanol–water partition coefficient (Wildman–Crippen LogP) is 3.69. The third-order valence-corrected chi connectivity index (χ3v) is 7.85. The number of nitrogens with zero attached hydrogens (tertiary/aromatic N) is 6. The first-order chi connectivity index (χ1) is 15.7. The molecule has 0 amide bonds. The molecule has 10 heteroatoms. The van der Waals surface area contributed by atoms with E-state index >= 15 is 4.39 Å². The van der Waals surface area contributed by atoms with Gasteiger partial charge < -0.3 is 15.3 Å². The summed E-state index contributed by atoms with van der Waals surface area (Å²) in [6.07, 6.45) is 4.47. The second-order valence-corrected chi connectivity index (χ2v) is 10.4. The standard InChI is InChI=1S/C23H24FN7OS/c1-22-6-7-23(2,30-22)19(24)16(9-22)31(3)18-12-26-20(29-28-18)15-5-4-13(8-17(15)32)21-27-11-14(10-25)33-21/h4-5,8,11-12,16,19,30,32H,6-7,9H2,1-3H3/t16-,19-,22-,23+/m1/s1. The predicted molar refractivity (Wildman–Crippen MR) is 124 cm³/mol. The molecule has 0 aliphatic carbocycles. The number of hydrogen-bond donors (Lipinski definition) is 2. The van der Waals surface area contributed by atoms with Crippen molar-refractivity contribution in [3.05, 3.63) is 35.5 Å². The van der Waals surface area contributed by atoms with Crippen LogP contribution in [-0.2, 0) is 0 Å². The summed E-state index contributed by atoms with van der Waals surface area (Å²) in [7, 11) is 1.83. The number of phenolic OH excluding ortho intramolecular Hbond substituents is 1. The normalized spacial score (nSPS) is 28.5. The second-order valence-electron chi connectivity index (χ2n) is 9.40. The van der Waals surface area contributed by atoms with E-state index in [1.165, 1.54) is 17.5 Å². The van der Waals surface area contributed by atoms with Crippen LogP contribution in [0.5, 0.6) is 5.75 Å². The highest BCUT2D eigenvalue weighted by Crippen LogP contribution is 2.45. The van der Waals surface area contributed by atoms with E-state index < -0.39 is 11.7 Å². The van der Waals surface area contributed by atoms with E-state index in [9.17, 15) is 5.11 Å². The van der Waals surface area contributed by atoms with Crippen LogP contribution in [0.2, 0.25) is 0 Å². The van der Waals surface area contributed by atoms with E-state index in [4.69, 9.17) is 5.26 Å². The maximum Gasteiger partial charge on any atom is 0.185 e. The van der Waals surface area contributed by atoms with Gasteiger partial charge >= 0.3 is 0 Å². The summed E-state index contributed by atoms with van der Waals surface area (Å²) in [5, 5.41) is 32.1. The molecule has 2 bridgehead atoms. The van der Waals surface area contributed by atoms with Gasteiger partial charge in [0, 0.05) is 23.7 Å². The molecule has 2 aromatic heterocycles. The molecule has 3 aromatic rings. The maximum atomic E-state index is 15.4. The third kappa shape index (κ3) is 3.71. The van der Waals surface area contributed by atoms with E-state index in [0.717, 1.165) is 12.8 Å². The molecule has 4 heterocycles. The fraction of sp³-hybridized carbons (Fsp3) is 0.435. The smallest absolute Gasteiger partial charge is 0.185 e. The Kier molecular flexibility index (Phi) is 5.06. The molecule has 0 unspecified atom stereocenters. The molecular formula is C23H24FN7OS. The number of hydrogen-bond acceptors (Lipinski definition) is 9. The maximum absolute atomic E-state index is 15.4. The molecular weight excluding hydrogens is 441 g/mol. The number of nitriles is 1. The number of rotatable bonds is 4. The first kappa shape index (κ1) is 21.7. The van der Waals surface area contributed by atoms with Crippen molar-refractivity contribution < 1.29 is 9.50 Å². The van der Waals surface area contributed by atoms with E-state index in [-0.39, 0.29) is 23.2 Å². The zero-order chi connectivity index (χ0) is 23.4. The monoisotopic (exact) mass is 465 g/mol. The lowest BCUT2D eigenvalue weighted by atomic mass is 9.82. The summed E-state index contributed by atoms with van der Waals surface area (Å²) in [6.45, 7) is 4.10. The lowest BCUT2D eigenvalue weighted by Crippen LogP contribution is -2.65. The van der Waals surface area contributed by atoms with Gasteiger partial charge in [-0.1, -0.05) is 6.07 Å². The summed E-state index contributed by atoms with van der Waals surface area (Å²) in [4.78, 5) is 10.9. The Labute approximate surface area is 195 Å². The molecule has 2 aliphatic heterocycles. The number of alkyl halides is 1. The highest BCUT2D eigenvalue weighted by molar-refractivity contribution is 7.15. The SMILES string of the molecule is CN(c1cnc(-c2ccc(-c3ncc(C#N)s3)cc2O)nn1)[C@@H]1C[C@@]2(C)CC[C@](C)(N2)[C@@H]1F. The van der Waals surface area contributed by atoms with Gasteiger partial charge in [-0.2, -0.15) is 5.26 Å². The third-order valence-electron chi connectivity index (χ3n) is 6.90. The van der Waals surface area contributed by atoms with Crippen LogP contribution in [0.25, 0.3) is 22.0 Å². The van der Waals surface area contributed by atoms with Crippen molar-refractivity contribution in [2.75, 3.05) is 11.9 Å². The molecule has 5 rings (SSSR count). The fourth-order valence-electron chi connectivity index (χ4n) is 5.07. The Morgan fingerprint density at radius 2 is 2.06 bits per heavy atom. The average Bonchev–Trinajstić information content (AvgIpc) is 3.39. The van der Waals surface area contributed by atoms with Crippen LogP contribution in [0.1, 0.15) is 38.0 Å². The van der Waals surface area contributed by atoms with Crippen LogP contribution < -0.4 is 10.2 Å². The van der Waals surface area contributed by atoms with Gasteiger partial charge in [-0.05, 0) is 45.2 Å². The summed E-state index contributed by atoms with van der Waals surface area (Å²) in [6, 6.07) is 6.79. The number of thiazole rings is 1. The van der Waals surface area contributed by atoms with Crippen LogP contribution in [0.4, 0.5) is 10.2 Å². The largest absolute Gasteiger partial charge is 0.507 e. The van der Waals surface area contributed by atoms with Crippen molar-refractivity contribution in [2.24, 2.45) is 0 Å². The number of anilines is 1. The van der Waals surface area contributed by atoms with Crippen molar-refractivity contribution in [2.45, 2.75) is 56.4 Å². The molecule has 8 nitrogen and oxygen atoms in total. The van der Waals surface area contributed by atoms with E-state index in [0.29, 0.717) is 33.3 Å². The topological polar surface area (TPSA) is 111 Å². The summed E-state index contributed by atoms with van der Waals surface area (Å²) >= 11 is 1.25. The van der Waals surface area contributed by atoms with Crippen molar-refractivity contribution >= 4 is 17.2 Å². The molecule has 2 fully saturated rings. The summed E-state index contributed by atoms with van der Waals surface area (Å²) in [5.74, 6) is 0.751. The van der Waals surface area contributed by atoms with E-state index in [1.807, 2.05) is 18.9 Å². The molecule has 0 radical (unpaired) electrons. The lowest BCUT2D eigenvalue weighted by molar-refractivity contribution is 0.0859. The van der Waals surface area contributed by atoms with Gasteiger partial charge in [0.15, 0.2) is 11.6 Å². The van der Waals surface area contributed by atoms with Crippen molar-refractivity contribution in [1.29, 1.82) is 5.26 Å². The van der Waals surface area contributed by atoms with Gasteiger partial charge in [0.05, 0.1) is 24.0 Å². The van der Waals surface area contributed by atoms with Crippen molar-refractivity contribution in [1.82, 2.24) is 25.5 Å². The van der Waals surface area contributed by atoms with Gasteiger partial charge in [0.25, 0.3) is 0 Å². The Bertz CT molecular complexity index is 1240. The minimum absolute atomic E-state index is 0.0104. The molecule has 4 atom stereocenters. The van der Waals surface area contributed by atoms with Crippen LogP contribution in [0, 0.1) is 11.3 Å². The molecule has 0 saturated carbocycles. The summed E-state index contributed by atoms with van der Waals surface area (Å²) < 4.78 is 15.4. The number of halogens is 1. The number of benzene rings is 1. The number of piperidine rings is 1. The van der Waals surface area contributed by atoms with E-state index in [1.54, 1.807) is 24.4 Å². The minimum atomic E-state index is -1.04. The lowest BCUT2D eigenvalue weighted by Gasteiger charge is -2.47. The number of fused-ring (bicyclic) bond motifs is 2. The van der Waals surface area contributed by atoms with Gasteiger partial charge in [-0.3, -0.25) is 0 Å². The van der Waals surface area contributed by atoms with Gasteiger partial charge in [0.1, 0.15) is 27.9 Å². The molecule has 2 aliphatic rings. The Balaban J connectivity index is 1.37. The number of aromatic hydroxyl groups is 1. The molecule has 170 valence electrons. The highest BCUT2D eigenvalue weighted by atomic mass is 32.1. The van der Waals surface area contributed by atoms with Crippen LogP contribution in [0.3, 0.4) is 0 Å². The molecule has 2 N–H and O–H groups in total. The first-order valence-electron chi connectivity index (χ1n) is 10.8. The van der Waals surface area contributed by atoms with Crippen LogP contribution in [-0.4, -0.2) is 55.6 Å². The fourth-order valence-corrected chi connectivity index (χ4v) is 5.78. The van der Waals surface area contributed by atoms with Gasteiger partial charge in [0.2, 0.25) is 0 Å². The van der Waals surface area contributed by atoms with Crippen molar-refractivity contribution in [3.8, 4) is 33.8 Å². The van der Waals surface area contributed by atoms with Gasteiger partial charge in [-0.15, -0.1) is 21.5 Å². The molecule has 2 saturated heterocycles. The Hall–Kier alpha value is -3.16. The zero-order valence-electron chi connectivity index (χ0n) is 18.6. The van der Waals surface area contributed by atoms with Crippen LogP contribution >= 0.6 is 11.3 Å². The summed E-state index contributed by atoms with van der Waals surface area (Å²) in [5.41, 5.74) is 0.506. The quantitative estimate of drug-likeness (QED) is 0.600. The first-order valence-corrected chi connectivity index (χ1v) is 11.6. The Morgan fingerprint density at radius 3 is 2.73 bits per heavy atom. The number of nitrogens with one attached hydrogen (secondary N) is 1. The van der Waals surface area contributed by atoms with E-state index in [2.05, 4.69) is 38.5 Å². The van der Waals surface area contributed by atoms with Crippen LogP contribution in [0.15, 0.2) is 30.6 Å². The molecule has 1 aromatic carbocycles. The second kappa shape index (κ2) is 7.71. The van der Waals surface area contributed by atoms with Crippen molar-refractivity contribution in [3.63, 3.8) is 0 Å². The minimum Gasteiger partial charge on any atom is -0.507 e.